The summed E-state index contributed by atoms with van der Waals surface area (Å²) in [5.74, 6) is 0. The van der Waals surface area contributed by atoms with Crippen LogP contribution in [0, 0.1) is 0 Å². The van der Waals surface area contributed by atoms with Crippen molar-refractivity contribution in [2.45, 2.75) is 38.3 Å². The zero-order valence-electron chi connectivity index (χ0n) is 11.2. The van der Waals surface area contributed by atoms with Crippen LogP contribution in [0.25, 0.3) is 0 Å². The molecule has 0 heterocycles. The minimum absolute atomic E-state index is 0.166. The third-order valence-corrected chi connectivity index (χ3v) is 3.15. The van der Waals surface area contributed by atoms with Crippen molar-refractivity contribution in [2.75, 3.05) is 0 Å². The quantitative estimate of drug-likeness (QED) is 0.571. The van der Waals surface area contributed by atoms with Gasteiger partial charge in [0, 0.05) is 12.1 Å². The van der Waals surface area contributed by atoms with E-state index < -0.39 is 0 Å². The molecule has 1 aromatic carbocycles. The van der Waals surface area contributed by atoms with E-state index in [2.05, 4.69) is 18.7 Å². The third kappa shape index (κ3) is 4.47. The molecule has 98 valence electrons. The molecule has 2 atom stereocenters. The molecule has 2 nitrogen and oxygen atoms in total. The van der Waals surface area contributed by atoms with Gasteiger partial charge in [-0.25, -0.2) is 0 Å². The van der Waals surface area contributed by atoms with E-state index in [1.54, 1.807) is 0 Å². The van der Waals surface area contributed by atoms with Gasteiger partial charge in [0.05, 0.1) is 0 Å². The van der Waals surface area contributed by atoms with Crippen molar-refractivity contribution >= 4 is 0 Å². The van der Waals surface area contributed by atoms with Gasteiger partial charge in [-0.3, -0.25) is 0 Å². The van der Waals surface area contributed by atoms with Gasteiger partial charge < -0.3 is 11.5 Å². The average molecular weight is 244 g/mol. The van der Waals surface area contributed by atoms with E-state index in [-0.39, 0.29) is 12.1 Å². The molecule has 0 bridgehead atoms. The molecule has 0 aromatic heterocycles. The van der Waals surface area contributed by atoms with E-state index >= 15 is 0 Å². The topological polar surface area (TPSA) is 52.0 Å². The smallest absolute Gasteiger partial charge is 0.0487 e. The number of hydrogen-bond acceptors (Lipinski definition) is 2. The molecular weight excluding hydrogens is 220 g/mol. The van der Waals surface area contributed by atoms with Crippen molar-refractivity contribution in [3.05, 3.63) is 60.2 Å². The largest absolute Gasteiger partial charge is 0.323 e. The van der Waals surface area contributed by atoms with E-state index in [0.29, 0.717) is 0 Å². The fraction of sp³-hybridized carbons (Fsp3) is 0.375. The maximum Gasteiger partial charge on any atom is 0.0487 e. The minimum atomic E-state index is -0.169. The highest BCUT2D eigenvalue weighted by Gasteiger charge is 2.17. The normalized spacial score (nSPS) is 14.6. The van der Waals surface area contributed by atoms with Crippen molar-refractivity contribution in [1.29, 1.82) is 0 Å². The molecular formula is C16H24N2. The molecule has 2 heteroatoms. The van der Waals surface area contributed by atoms with Gasteiger partial charge in [-0.05, 0) is 31.7 Å². The van der Waals surface area contributed by atoms with Gasteiger partial charge in [0.25, 0.3) is 0 Å². The lowest BCUT2D eigenvalue weighted by Crippen LogP contribution is -2.35. The van der Waals surface area contributed by atoms with Crippen LogP contribution in [0.2, 0.25) is 0 Å². The summed E-state index contributed by atoms with van der Waals surface area (Å²) in [4.78, 5) is 0. The zero-order chi connectivity index (χ0) is 13.4. The van der Waals surface area contributed by atoms with Crippen molar-refractivity contribution < 1.29 is 0 Å². The Morgan fingerprint density at radius 1 is 1.28 bits per heavy atom. The molecule has 0 saturated heterocycles. The summed E-state index contributed by atoms with van der Waals surface area (Å²) in [5.41, 5.74) is 14.4. The van der Waals surface area contributed by atoms with Gasteiger partial charge in [0.1, 0.15) is 0 Å². The first-order valence-electron chi connectivity index (χ1n) is 6.51. The van der Waals surface area contributed by atoms with Gasteiger partial charge in [0.15, 0.2) is 0 Å². The number of rotatable bonds is 7. The summed E-state index contributed by atoms with van der Waals surface area (Å²) in [6.45, 7) is 6.10. The van der Waals surface area contributed by atoms with Gasteiger partial charge in [-0.15, -0.1) is 0 Å². The standard InChI is InChI=1S/C16H24N2/c1-3-4-5-7-10-13(2)15(17)16(18)14-11-8-6-9-12-14/h3-4,6,8-9,11-12,15-16H,2,5,7,10,17-18H2,1H3/b4-3-/t15-,16-/m0/s1. The van der Waals surface area contributed by atoms with Crippen LogP contribution in [0.4, 0.5) is 0 Å². The highest BCUT2D eigenvalue weighted by molar-refractivity contribution is 5.24. The molecule has 0 aliphatic heterocycles. The first-order chi connectivity index (χ1) is 8.66. The molecule has 0 unspecified atom stereocenters. The lowest BCUT2D eigenvalue weighted by molar-refractivity contribution is 0.585. The Balaban J connectivity index is 2.48. The maximum atomic E-state index is 6.17. The van der Waals surface area contributed by atoms with Gasteiger partial charge in [-0.1, -0.05) is 54.6 Å². The Morgan fingerprint density at radius 2 is 1.94 bits per heavy atom. The van der Waals surface area contributed by atoms with Crippen LogP contribution in [-0.4, -0.2) is 6.04 Å². The first-order valence-corrected chi connectivity index (χ1v) is 6.51. The lowest BCUT2D eigenvalue weighted by Gasteiger charge is -2.22. The van der Waals surface area contributed by atoms with Crippen LogP contribution < -0.4 is 11.5 Å². The van der Waals surface area contributed by atoms with E-state index in [1.165, 1.54) is 0 Å². The summed E-state index contributed by atoms with van der Waals surface area (Å²) in [7, 11) is 0. The highest BCUT2D eigenvalue weighted by Crippen LogP contribution is 2.20. The van der Waals surface area contributed by atoms with Crippen LogP contribution in [0.5, 0.6) is 0 Å². The molecule has 0 amide bonds. The zero-order valence-corrected chi connectivity index (χ0v) is 11.2. The summed E-state index contributed by atoms with van der Waals surface area (Å²) in [6.07, 6.45) is 7.32. The van der Waals surface area contributed by atoms with Crippen LogP contribution >= 0.6 is 0 Å². The Kier molecular flexibility index (Phi) is 6.40. The molecule has 0 fully saturated rings. The number of nitrogens with two attached hydrogens (primary N) is 2. The van der Waals surface area contributed by atoms with E-state index in [9.17, 15) is 0 Å². The second kappa shape index (κ2) is 7.85. The molecule has 4 N–H and O–H groups in total. The van der Waals surface area contributed by atoms with Crippen molar-refractivity contribution in [3.8, 4) is 0 Å². The predicted octanol–water partition coefficient (Wildman–Crippen LogP) is 3.32. The molecule has 18 heavy (non-hydrogen) atoms. The SMILES string of the molecule is C=C(CCC/C=C\C)[C@H](N)[C@@H](N)c1ccccc1. The number of benzene rings is 1. The fourth-order valence-electron chi connectivity index (χ4n) is 1.92. The Bertz CT molecular complexity index is 381. The van der Waals surface area contributed by atoms with Crippen molar-refractivity contribution in [1.82, 2.24) is 0 Å². The lowest BCUT2D eigenvalue weighted by atomic mass is 9.93. The predicted molar refractivity (Wildman–Crippen MR) is 79.2 cm³/mol. The van der Waals surface area contributed by atoms with E-state index in [0.717, 1.165) is 30.4 Å². The van der Waals surface area contributed by atoms with E-state index in [1.807, 2.05) is 37.3 Å². The number of unbranched alkanes of at least 4 members (excludes halogenated alkanes) is 1. The monoisotopic (exact) mass is 244 g/mol. The second-order valence-corrected chi connectivity index (χ2v) is 4.58. The Labute approximate surface area is 110 Å². The van der Waals surface area contributed by atoms with Crippen molar-refractivity contribution in [3.63, 3.8) is 0 Å². The Morgan fingerprint density at radius 3 is 2.56 bits per heavy atom. The number of allylic oxidation sites excluding steroid dienone is 2. The Hall–Kier alpha value is -1.38. The molecule has 1 aromatic rings. The summed E-state index contributed by atoms with van der Waals surface area (Å²) >= 11 is 0. The summed E-state index contributed by atoms with van der Waals surface area (Å²) in [5, 5.41) is 0. The van der Waals surface area contributed by atoms with Crippen molar-refractivity contribution in [2.24, 2.45) is 11.5 Å². The molecule has 1 rings (SSSR count). The summed E-state index contributed by atoms with van der Waals surface area (Å²) in [6, 6.07) is 9.63. The molecule has 0 saturated carbocycles. The molecule has 0 aliphatic rings. The number of hydrogen-bond donors (Lipinski definition) is 2. The van der Waals surface area contributed by atoms with Crippen LogP contribution in [0.15, 0.2) is 54.6 Å². The highest BCUT2D eigenvalue weighted by atomic mass is 14.8. The second-order valence-electron chi connectivity index (χ2n) is 4.58. The van der Waals surface area contributed by atoms with Gasteiger partial charge >= 0.3 is 0 Å². The van der Waals surface area contributed by atoms with Crippen LogP contribution in [-0.2, 0) is 0 Å². The van der Waals surface area contributed by atoms with E-state index in [4.69, 9.17) is 11.5 Å². The molecule has 0 radical (unpaired) electrons. The molecule has 0 aliphatic carbocycles. The van der Waals surface area contributed by atoms with Crippen LogP contribution in [0.3, 0.4) is 0 Å². The van der Waals surface area contributed by atoms with Gasteiger partial charge in [-0.2, -0.15) is 0 Å². The van der Waals surface area contributed by atoms with Gasteiger partial charge in [0.2, 0.25) is 0 Å². The maximum absolute atomic E-state index is 6.17. The average Bonchev–Trinajstić information content (AvgIpc) is 2.42. The van der Waals surface area contributed by atoms with Crippen LogP contribution in [0.1, 0.15) is 37.8 Å². The summed E-state index contributed by atoms with van der Waals surface area (Å²) < 4.78 is 0. The molecule has 0 spiro atoms. The fourth-order valence-corrected chi connectivity index (χ4v) is 1.92. The minimum Gasteiger partial charge on any atom is -0.323 e. The third-order valence-electron chi connectivity index (χ3n) is 3.15. The first kappa shape index (κ1) is 14.7.